The van der Waals surface area contributed by atoms with Gasteiger partial charge in [-0.05, 0) is 0 Å². The first kappa shape index (κ1) is 24.7. The van der Waals surface area contributed by atoms with Crippen LogP contribution < -0.4 is 19.8 Å². The topological polar surface area (TPSA) is 38.0 Å². The summed E-state index contributed by atoms with van der Waals surface area (Å²) in [5.41, 5.74) is 14.1. The Hall–Kier alpha value is -2.43. The standard InChI is InChI=1S/C30H36Ge2N2/c1-31(2,3)24-14-9-12-22(20-24)26-16-11-17-27(23-13-10-15-25(21-23)32(4,5)6)30(26)34-29-19-8-7-18-28(29)33/h7-21,34H,33H2,1-6H3. The molecule has 0 atom stereocenters. The van der Waals surface area contributed by atoms with Crippen molar-refractivity contribution < 1.29 is 0 Å². The zero-order valence-electron chi connectivity index (χ0n) is 21.2. The Kier molecular flexibility index (Phi) is 7.02. The van der Waals surface area contributed by atoms with E-state index in [-0.39, 0.29) is 0 Å². The van der Waals surface area contributed by atoms with Gasteiger partial charge in [-0.25, -0.2) is 0 Å². The third kappa shape index (κ3) is 5.44. The third-order valence-electron chi connectivity index (χ3n) is 6.36. The van der Waals surface area contributed by atoms with Crippen molar-refractivity contribution in [1.29, 1.82) is 0 Å². The van der Waals surface area contributed by atoms with E-state index in [1.165, 1.54) is 31.0 Å². The van der Waals surface area contributed by atoms with Gasteiger partial charge in [0.05, 0.1) is 0 Å². The number of nitrogens with two attached hydrogens (primary N) is 1. The number of anilines is 3. The molecular formula is C30H36Ge2N2. The van der Waals surface area contributed by atoms with Gasteiger partial charge in [0.15, 0.2) is 0 Å². The average molecular weight is 570 g/mol. The summed E-state index contributed by atoms with van der Waals surface area (Å²) in [5.74, 6) is 14.7. The predicted octanol–water partition coefficient (Wildman–Crippen LogP) is 7.44. The number of rotatable bonds is 6. The maximum absolute atomic E-state index is 6.36. The molecule has 0 aliphatic carbocycles. The summed E-state index contributed by atoms with van der Waals surface area (Å²) in [5, 5.41) is 3.73. The molecule has 174 valence electrons. The van der Waals surface area contributed by atoms with Crippen molar-refractivity contribution in [2.75, 3.05) is 11.1 Å². The molecule has 4 rings (SSSR count). The van der Waals surface area contributed by atoms with Gasteiger partial charge in [-0.3, -0.25) is 0 Å². The Morgan fingerprint density at radius 1 is 0.559 bits per heavy atom. The zero-order chi connectivity index (χ0) is 24.5. The van der Waals surface area contributed by atoms with Crippen LogP contribution in [0, 0.1) is 0 Å². The van der Waals surface area contributed by atoms with Gasteiger partial charge in [-0.2, -0.15) is 0 Å². The van der Waals surface area contributed by atoms with Crippen LogP contribution in [0.5, 0.6) is 0 Å². The SMILES string of the molecule is [CH3][Ge]([CH3])([CH3])[c]1cccc(-c2cccc(-c3ccc[c]([Ge]([CH3])([CH3])[CH3])c3)c2Nc2ccccc2N)c1. The fourth-order valence-corrected chi connectivity index (χ4v) is 9.19. The molecule has 0 radical (unpaired) electrons. The molecule has 0 spiro atoms. The second kappa shape index (κ2) is 9.67. The van der Waals surface area contributed by atoms with Crippen LogP contribution >= 0.6 is 0 Å². The van der Waals surface area contributed by atoms with E-state index in [2.05, 4.69) is 113 Å². The van der Waals surface area contributed by atoms with Gasteiger partial charge in [0.25, 0.3) is 0 Å². The van der Waals surface area contributed by atoms with Gasteiger partial charge in [0, 0.05) is 0 Å². The molecule has 0 aliphatic heterocycles. The number of nitrogen functional groups attached to an aromatic ring is 1. The Morgan fingerprint density at radius 2 is 1.03 bits per heavy atom. The van der Waals surface area contributed by atoms with Crippen LogP contribution in [0.25, 0.3) is 22.3 Å². The van der Waals surface area contributed by atoms with Gasteiger partial charge in [0.2, 0.25) is 0 Å². The molecule has 0 saturated carbocycles. The van der Waals surface area contributed by atoms with Crippen molar-refractivity contribution in [3.63, 3.8) is 0 Å². The molecule has 0 saturated heterocycles. The molecule has 0 aromatic heterocycles. The van der Waals surface area contributed by atoms with E-state index in [4.69, 9.17) is 5.73 Å². The third-order valence-corrected chi connectivity index (χ3v) is 14.9. The van der Waals surface area contributed by atoms with Crippen molar-refractivity contribution in [1.82, 2.24) is 0 Å². The van der Waals surface area contributed by atoms with Crippen LogP contribution in [0.3, 0.4) is 0 Å². The van der Waals surface area contributed by atoms with Crippen LogP contribution in [0.1, 0.15) is 0 Å². The molecule has 0 aliphatic rings. The van der Waals surface area contributed by atoms with Crippen LogP contribution in [0.2, 0.25) is 34.5 Å². The number of hydrogen-bond donors (Lipinski definition) is 2. The molecule has 0 amide bonds. The van der Waals surface area contributed by atoms with E-state index in [9.17, 15) is 0 Å². The summed E-state index contributed by atoms with van der Waals surface area (Å²) >= 11 is -3.94. The molecule has 4 heteroatoms. The van der Waals surface area contributed by atoms with E-state index >= 15 is 0 Å². The quantitative estimate of drug-likeness (QED) is 0.187. The van der Waals surface area contributed by atoms with Crippen molar-refractivity contribution in [2.45, 2.75) is 34.5 Å². The normalized spacial score (nSPS) is 11.9. The fraction of sp³-hybridized carbons (Fsp3) is 0.200. The number of benzene rings is 4. The molecule has 0 fully saturated rings. The summed E-state index contributed by atoms with van der Waals surface area (Å²) in [6, 6.07) is 32.9. The molecule has 0 unspecified atom stereocenters. The molecule has 2 nitrogen and oxygen atoms in total. The van der Waals surface area contributed by atoms with Crippen molar-refractivity contribution in [3.05, 3.63) is 91.0 Å². The average Bonchev–Trinajstić information content (AvgIpc) is 2.80. The maximum atomic E-state index is 6.36. The number of hydrogen-bond acceptors (Lipinski definition) is 2. The second-order valence-corrected chi connectivity index (χ2v) is 32.4. The summed E-state index contributed by atoms with van der Waals surface area (Å²) in [6.07, 6.45) is 0. The molecule has 0 heterocycles. The van der Waals surface area contributed by atoms with Crippen molar-refractivity contribution in [3.8, 4) is 22.3 Å². The van der Waals surface area contributed by atoms with Gasteiger partial charge in [-0.15, -0.1) is 0 Å². The van der Waals surface area contributed by atoms with E-state index in [0.717, 1.165) is 17.1 Å². The van der Waals surface area contributed by atoms with Crippen LogP contribution in [-0.4, -0.2) is 26.5 Å². The fourth-order valence-electron chi connectivity index (χ4n) is 4.22. The molecule has 0 bridgehead atoms. The van der Waals surface area contributed by atoms with Gasteiger partial charge < -0.3 is 0 Å². The van der Waals surface area contributed by atoms with E-state index in [1.54, 1.807) is 0 Å². The summed E-state index contributed by atoms with van der Waals surface area (Å²) < 4.78 is 3.02. The molecule has 34 heavy (non-hydrogen) atoms. The first-order valence-electron chi connectivity index (χ1n) is 12.0. The molecular weight excluding hydrogens is 534 g/mol. The van der Waals surface area contributed by atoms with E-state index in [1.807, 2.05) is 18.2 Å². The van der Waals surface area contributed by atoms with Crippen LogP contribution in [0.15, 0.2) is 91.0 Å². The van der Waals surface area contributed by atoms with E-state index < -0.39 is 26.5 Å². The van der Waals surface area contributed by atoms with Gasteiger partial charge in [0.1, 0.15) is 0 Å². The predicted molar refractivity (Wildman–Crippen MR) is 157 cm³/mol. The summed E-state index contributed by atoms with van der Waals surface area (Å²) in [4.78, 5) is 0. The number of para-hydroxylation sites is 3. The van der Waals surface area contributed by atoms with Gasteiger partial charge >= 0.3 is 211 Å². The first-order chi connectivity index (χ1) is 16.0. The minimum atomic E-state index is -1.97. The molecule has 4 aromatic carbocycles. The Morgan fingerprint density at radius 3 is 1.50 bits per heavy atom. The van der Waals surface area contributed by atoms with Gasteiger partial charge in [-0.1, -0.05) is 0 Å². The Labute approximate surface area is 210 Å². The first-order valence-corrected chi connectivity index (χ1v) is 26.7. The minimum absolute atomic E-state index is 0.750. The van der Waals surface area contributed by atoms with Crippen LogP contribution in [-0.2, 0) is 0 Å². The van der Waals surface area contributed by atoms with Crippen molar-refractivity contribution >= 4 is 52.4 Å². The zero-order valence-corrected chi connectivity index (χ0v) is 25.4. The van der Waals surface area contributed by atoms with E-state index in [0.29, 0.717) is 0 Å². The van der Waals surface area contributed by atoms with Crippen LogP contribution in [0.4, 0.5) is 17.1 Å². The molecule has 3 N–H and O–H groups in total. The van der Waals surface area contributed by atoms with Crippen molar-refractivity contribution in [2.24, 2.45) is 0 Å². The second-order valence-electron chi connectivity index (χ2n) is 11.1. The summed E-state index contributed by atoms with van der Waals surface area (Å²) in [7, 11) is 0. The monoisotopic (exact) mass is 572 g/mol. The molecule has 4 aromatic rings. The Bertz CT molecular complexity index is 1240. The number of nitrogens with one attached hydrogen (secondary N) is 1. The summed E-state index contributed by atoms with van der Waals surface area (Å²) in [6.45, 7) is 0. The Balaban J connectivity index is 1.94.